The molecule has 58 valence electrons. The molecule has 0 aromatic carbocycles. The van der Waals surface area contributed by atoms with Gasteiger partial charge in [0.15, 0.2) is 0 Å². The molecule has 0 rings (SSSR count). The van der Waals surface area contributed by atoms with Gasteiger partial charge < -0.3 is 5.11 Å². The van der Waals surface area contributed by atoms with E-state index in [1.54, 1.807) is 0 Å². The van der Waals surface area contributed by atoms with Crippen molar-refractivity contribution < 1.29 is 9.90 Å². The van der Waals surface area contributed by atoms with Crippen molar-refractivity contribution in [2.45, 2.75) is 6.42 Å². The van der Waals surface area contributed by atoms with Gasteiger partial charge in [-0.15, -0.1) is 11.8 Å². The Morgan fingerprint density at radius 3 is 2.60 bits per heavy atom. The highest BCUT2D eigenvalue weighted by Gasteiger charge is 1.94. The highest BCUT2D eigenvalue weighted by Crippen LogP contribution is 2.14. The van der Waals surface area contributed by atoms with Crippen LogP contribution in [0.5, 0.6) is 0 Å². The molecule has 0 saturated heterocycles. The van der Waals surface area contributed by atoms with Crippen LogP contribution in [0.1, 0.15) is 6.42 Å². The van der Waals surface area contributed by atoms with Gasteiger partial charge >= 0.3 is 5.97 Å². The van der Waals surface area contributed by atoms with Crippen molar-refractivity contribution in [3.05, 3.63) is 9.90 Å². The summed E-state index contributed by atoms with van der Waals surface area (Å²) in [6.07, 6.45) is 0.127. The molecule has 0 unspecified atom stereocenters. The molecule has 0 aromatic rings. The molecular weight excluding hydrogens is 195 g/mol. The van der Waals surface area contributed by atoms with Crippen LogP contribution in [0.4, 0.5) is 0 Å². The minimum atomic E-state index is -0.813. The Kier molecular flexibility index (Phi) is 5.97. The molecule has 0 amide bonds. The maximum absolute atomic E-state index is 9.94. The van der Waals surface area contributed by atoms with Crippen molar-refractivity contribution >= 4 is 40.9 Å². The summed E-state index contributed by atoms with van der Waals surface area (Å²) in [6, 6.07) is 0. The fraction of sp³-hybridized carbons (Fsp3) is 0.400. The number of carboxylic acid groups (broad SMARTS) is 1. The highest BCUT2D eigenvalue weighted by atomic mass is 35.5. The molecule has 0 bridgehead atoms. The SMILES string of the molecule is O=C(O)CCSC=C(Cl)Cl. The second-order valence-corrected chi connectivity index (χ2v) is 3.41. The van der Waals surface area contributed by atoms with Crippen LogP contribution in [0.25, 0.3) is 0 Å². The summed E-state index contributed by atoms with van der Waals surface area (Å²) >= 11 is 11.8. The summed E-state index contributed by atoms with van der Waals surface area (Å²) in [6.45, 7) is 0. The normalized spacial score (nSPS) is 9.00. The van der Waals surface area contributed by atoms with Crippen LogP contribution in [0.3, 0.4) is 0 Å². The summed E-state index contributed by atoms with van der Waals surface area (Å²) < 4.78 is 0.162. The summed E-state index contributed by atoms with van der Waals surface area (Å²) in [7, 11) is 0. The number of hydrogen-bond donors (Lipinski definition) is 1. The van der Waals surface area contributed by atoms with E-state index in [0.29, 0.717) is 5.75 Å². The Labute approximate surface area is 73.2 Å². The van der Waals surface area contributed by atoms with Crippen molar-refractivity contribution in [1.82, 2.24) is 0 Å². The van der Waals surface area contributed by atoms with Crippen LogP contribution < -0.4 is 0 Å². The number of hydrogen-bond acceptors (Lipinski definition) is 2. The van der Waals surface area contributed by atoms with Crippen molar-refractivity contribution in [1.29, 1.82) is 0 Å². The Hall–Kier alpha value is 0.140. The molecule has 0 spiro atoms. The predicted molar refractivity (Wildman–Crippen MR) is 44.5 cm³/mol. The number of aliphatic carboxylic acids is 1. The van der Waals surface area contributed by atoms with E-state index in [1.165, 1.54) is 17.2 Å². The molecule has 0 heterocycles. The first-order valence-electron chi connectivity index (χ1n) is 2.47. The van der Waals surface area contributed by atoms with Crippen molar-refractivity contribution in [2.24, 2.45) is 0 Å². The molecule has 0 aromatic heterocycles. The van der Waals surface area contributed by atoms with Crippen LogP contribution in [0, 0.1) is 0 Å². The largest absolute Gasteiger partial charge is 0.481 e. The van der Waals surface area contributed by atoms with E-state index >= 15 is 0 Å². The Balaban J connectivity index is 3.21. The minimum Gasteiger partial charge on any atom is -0.481 e. The molecular formula is C5H6Cl2O2S. The maximum atomic E-state index is 9.94. The zero-order chi connectivity index (χ0) is 7.98. The van der Waals surface area contributed by atoms with Crippen molar-refractivity contribution in [3.8, 4) is 0 Å². The number of carboxylic acids is 1. The topological polar surface area (TPSA) is 37.3 Å². The molecule has 1 N–H and O–H groups in total. The quantitative estimate of drug-likeness (QED) is 0.710. The van der Waals surface area contributed by atoms with E-state index in [4.69, 9.17) is 28.3 Å². The predicted octanol–water partition coefficient (Wildman–Crippen LogP) is 2.47. The van der Waals surface area contributed by atoms with Gasteiger partial charge in [-0.3, -0.25) is 4.79 Å². The summed E-state index contributed by atoms with van der Waals surface area (Å²) in [4.78, 5) is 9.94. The van der Waals surface area contributed by atoms with Crippen LogP contribution in [0.15, 0.2) is 9.90 Å². The maximum Gasteiger partial charge on any atom is 0.304 e. The first-order chi connectivity index (χ1) is 4.63. The monoisotopic (exact) mass is 200 g/mol. The van der Waals surface area contributed by atoms with Crippen LogP contribution >= 0.6 is 35.0 Å². The molecule has 0 aliphatic rings. The van der Waals surface area contributed by atoms with Gasteiger partial charge in [0.25, 0.3) is 0 Å². The van der Waals surface area contributed by atoms with Crippen molar-refractivity contribution in [2.75, 3.05) is 5.75 Å². The van der Waals surface area contributed by atoms with Gasteiger partial charge in [-0.1, -0.05) is 23.2 Å². The van der Waals surface area contributed by atoms with E-state index < -0.39 is 5.97 Å². The fourth-order valence-corrected chi connectivity index (χ4v) is 1.18. The Morgan fingerprint density at radius 2 is 2.20 bits per heavy atom. The van der Waals surface area contributed by atoms with Gasteiger partial charge in [0.2, 0.25) is 0 Å². The molecule has 5 heteroatoms. The minimum absolute atomic E-state index is 0.127. The van der Waals surface area contributed by atoms with Gasteiger partial charge in [0.05, 0.1) is 6.42 Å². The third-order valence-corrected chi connectivity index (χ3v) is 1.93. The molecule has 0 radical (unpaired) electrons. The standard InChI is InChI=1S/C5H6Cl2O2S/c6-4(7)3-10-2-1-5(8)9/h3H,1-2H2,(H,8,9). The molecule has 0 saturated carbocycles. The number of halogens is 2. The van der Waals surface area contributed by atoms with Gasteiger partial charge in [-0.25, -0.2) is 0 Å². The lowest BCUT2D eigenvalue weighted by molar-refractivity contribution is -0.136. The molecule has 0 fully saturated rings. The first kappa shape index (κ1) is 10.1. The van der Waals surface area contributed by atoms with E-state index in [0.717, 1.165) is 0 Å². The fourth-order valence-electron chi connectivity index (χ4n) is 0.268. The highest BCUT2D eigenvalue weighted by molar-refractivity contribution is 8.02. The number of carbonyl (C=O) groups is 1. The molecule has 2 nitrogen and oxygen atoms in total. The second-order valence-electron chi connectivity index (χ2n) is 1.42. The van der Waals surface area contributed by atoms with E-state index in [9.17, 15) is 4.79 Å². The average molecular weight is 201 g/mol. The number of thioether (sulfide) groups is 1. The van der Waals surface area contributed by atoms with Gasteiger partial charge in [-0.2, -0.15) is 0 Å². The summed E-state index contributed by atoms with van der Waals surface area (Å²) in [5, 5.41) is 9.68. The van der Waals surface area contributed by atoms with E-state index in [1.807, 2.05) is 0 Å². The molecule has 0 aliphatic heterocycles. The Morgan fingerprint density at radius 1 is 1.60 bits per heavy atom. The molecule has 0 atom stereocenters. The third-order valence-electron chi connectivity index (χ3n) is 0.606. The lowest BCUT2D eigenvalue weighted by atomic mass is 10.5. The third kappa shape index (κ3) is 8.14. The molecule has 0 aliphatic carbocycles. The van der Waals surface area contributed by atoms with Gasteiger partial charge in [0.1, 0.15) is 4.49 Å². The summed E-state index contributed by atoms with van der Waals surface area (Å²) in [5.41, 5.74) is 0. The lowest BCUT2D eigenvalue weighted by Crippen LogP contribution is -1.94. The first-order valence-corrected chi connectivity index (χ1v) is 4.28. The Bertz CT molecular complexity index is 143. The van der Waals surface area contributed by atoms with Crippen LogP contribution in [0.2, 0.25) is 0 Å². The van der Waals surface area contributed by atoms with E-state index in [2.05, 4.69) is 0 Å². The average Bonchev–Trinajstić information content (AvgIpc) is 1.79. The number of rotatable bonds is 4. The summed E-state index contributed by atoms with van der Waals surface area (Å²) in [5.74, 6) is -0.315. The van der Waals surface area contributed by atoms with Crippen LogP contribution in [-0.4, -0.2) is 16.8 Å². The zero-order valence-corrected chi connectivity index (χ0v) is 7.34. The molecule has 10 heavy (non-hydrogen) atoms. The van der Waals surface area contributed by atoms with Crippen molar-refractivity contribution in [3.63, 3.8) is 0 Å². The second kappa shape index (κ2) is 5.89. The van der Waals surface area contributed by atoms with Gasteiger partial charge in [0, 0.05) is 11.2 Å². The zero-order valence-electron chi connectivity index (χ0n) is 5.01. The lowest BCUT2D eigenvalue weighted by Gasteiger charge is -1.89. The van der Waals surface area contributed by atoms with Crippen LogP contribution in [-0.2, 0) is 4.79 Å². The van der Waals surface area contributed by atoms with Gasteiger partial charge in [-0.05, 0) is 0 Å². The van der Waals surface area contributed by atoms with E-state index in [-0.39, 0.29) is 10.9 Å². The smallest absolute Gasteiger partial charge is 0.304 e.